The van der Waals surface area contributed by atoms with Crippen molar-refractivity contribution >= 4 is 23.2 Å². The number of carbonyl (C=O) groups excluding carboxylic acids is 2. The van der Waals surface area contributed by atoms with Crippen molar-refractivity contribution in [2.45, 2.75) is 6.92 Å². The number of hydrogen-bond acceptors (Lipinski definition) is 4. The summed E-state index contributed by atoms with van der Waals surface area (Å²) in [5.41, 5.74) is 6.08. The second-order valence-corrected chi connectivity index (χ2v) is 3.07. The molecule has 0 atom stereocenters. The van der Waals surface area contributed by atoms with Crippen molar-refractivity contribution in [3.8, 4) is 0 Å². The van der Waals surface area contributed by atoms with Crippen LogP contribution < -0.4 is 11.1 Å². The highest BCUT2D eigenvalue weighted by molar-refractivity contribution is 6.41. The van der Waals surface area contributed by atoms with Crippen LogP contribution in [0.5, 0.6) is 0 Å². The zero-order chi connectivity index (χ0) is 12.1. The lowest BCUT2D eigenvalue weighted by Gasteiger charge is -2.03. The normalized spacial score (nSPS) is 10.9. The van der Waals surface area contributed by atoms with Gasteiger partial charge in [0, 0.05) is 11.3 Å². The minimum Gasteiger partial charge on any atom is -0.409 e. The zero-order valence-corrected chi connectivity index (χ0v) is 8.60. The van der Waals surface area contributed by atoms with Gasteiger partial charge < -0.3 is 16.3 Å². The fourth-order valence-corrected chi connectivity index (χ4v) is 1.03. The molecule has 0 aliphatic heterocycles. The Bertz CT molecular complexity index is 437. The number of oxime groups is 1. The molecule has 1 aromatic carbocycles. The molecule has 0 spiro atoms. The van der Waals surface area contributed by atoms with E-state index in [1.165, 1.54) is 6.92 Å². The van der Waals surface area contributed by atoms with Crippen LogP contribution in [0.4, 0.5) is 5.69 Å². The molecule has 0 saturated heterocycles. The molecule has 1 rings (SSSR count). The summed E-state index contributed by atoms with van der Waals surface area (Å²) in [5, 5.41) is 13.2. The van der Waals surface area contributed by atoms with Gasteiger partial charge in [-0.1, -0.05) is 5.16 Å². The van der Waals surface area contributed by atoms with Crippen molar-refractivity contribution in [3.05, 3.63) is 29.8 Å². The van der Waals surface area contributed by atoms with Crippen molar-refractivity contribution in [2.75, 3.05) is 5.32 Å². The van der Waals surface area contributed by atoms with Crippen LogP contribution in [0.3, 0.4) is 0 Å². The summed E-state index contributed by atoms with van der Waals surface area (Å²) < 4.78 is 0. The first-order valence-electron chi connectivity index (χ1n) is 4.44. The molecule has 0 aliphatic rings. The fourth-order valence-electron chi connectivity index (χ4n) is 1.03. The van der Waals surface area contributed by atoms with Crippen LogP contribution in [-0.2, 0) is 4.79 Å². The van der Waals surface area contributed by atoms with Crippen LogP contribution in [0.25, 0.3) is 0 Å². The van der Waals surface area contributed by atoms with Gasteiger partial charge in [-0.3, -0.25) is 9.59 Å². The van der Waals surface area contributed by atoms with Gasteiger partial charge in [-0.05, 0) is 31.2 Å². The molecule has 0 aromatic heterocycles. The number of amides is 1. The SMILES string of the molecule is CC(=O)c1ccc(NC(=O)/C(N)=N\O)cc1. The molecule has 0 radical (unpaired) electrons. The van der Waals surface area contributed by atoms with Crippen LogP contribution >= 0.6 is 0 Å². The van der Waals surface area contributed by atoms with Crippen LogP contribution in [0.15, 0.2) is 29.4 Å². The average molecular weight is 221 g/mol. The number of nitrogens with two attached hydrogens (primary N) is 1. The van der Waals surface area contributed by atoms with E-state index in [1.807, 2.05) is 0 Å². The summed E-state index contributed by atoms with van der Waals surface area (Å²) in [6, 6.07) is 6.26. The van der Waals surface area contributed by atoms with Crippen molar-refractivity contribution < 1.29 is 14.8 Å². The average Bonchev–Trinajstić information content (AvgIpc) is 2.28. The number of nitrogens with zero attached hydrogens (tertiary/aromatic N) is 1. The monoisotopic (exact) mass is 221 g/mol. The summed E-state index contributed by atoms with van der Waals surface area (Å²) in [5.74, 6) is -1.30. The number of nitrogens with one attached hydrogen (secondary N) is 1. The van der Waals surface area contributed by atoms with Gasteiger partial charge >= 0.3 is 0 Å². The first-order chi connectivity index (χ1) is 7.54. The van der Waals surface area contributed by atoms with E-state index in [2.05, 4.69) is 10.5 Å². The van der Waals surface area contributed by atoms with Crippen molar-refractivity contribution in [1.29, 1.82) is 0 Å². The molecule has 0 heterocycles. The Balaban J connectivity index is 2.76. The third-order valence-corrected chi connectivity index (χ3v) is 1.89. The highest BCUT2D eigenvalue weighted by Gasteiger charge is 2.07. The number of carbonyl (C=O) groups is 2. The molecular formula is C10H11N3O3. The highest BCUT2D eigenvalue weighted by Crippen LogP contribution is 2.09. The predicted molar refractivity (Wildman–Crippen MR) is 58.5 cm³/mol. The molecule has 0 bridgehead atoms. The largest absolute Gasteiger partial charge is 0.409 e. The summed E-state index contributed by atoms with van der Waals surface area (Å²) >= 11 is 0. The van der Waals surface area contributed by atoms with Gasteiger partial charge in [-0.2, -0.15) is 0 Å². The van der Waals surface area contributed by atoms with E-state index in [0.29, 0.717) is 11.3 Å². The first kappa shape index (κ1) is 11.7. The lowest BCUT2D eigenvalue weighted by atomic mass is 10.1. The number of amidine groups is 1. The van der Waals surface area contributed by atoms with Crippen molar-refractivity contribution in [2.24, 2.45) is 10.9 Å². The van der Waals surface area contributed by atoms with Crippen LogP contribution in [-0.4, -0.2) is 22.7 Å². The van der Waals surface area contributed by atoms with Crippen molar-refractivity contribution in [1.82, 2.24) is 0 Å². The number of ketones is 1. The third kappa shape index (κ3) is 2.81. The Morgan fingerprint density at radius 2 is 1.88 bits per heavy atom. The lowest BCUT2D eigenvalue weighted by Crippen LogP contribution is -2.30. The number of Topliss-reactive ketones (excluding diaryl/α,β-unsaturated/α-hetero) is 1. The molecule has 84 valence electrons. The Hall–Kier alpha value is -2.37. The smallest absolute Gasteiger partial charge is 0.294 e. The second kappa shape index (κ2) is 4.92. The molecule has 1 aromatic rings. The van der Waals surface area contributed by atoms with Gasteiger partial charge in [0.1, 0.15) is 0 Å². The molecule has 4 N–H and O–H groups in total. The van der Waals surface area contributed by atoms with E-state index in [-0.39, 0.29) is 5.78 Å². The topological polar surface area (TPSA) is 105 Å². The number of anilines is 1. The molecule has 0 fully saturated rings. The molecule has 6 nitrogen and oxygen atoms in total. The van der Waals surface area contributed by atoms with E-state index in [4.69, 9.17) is 10.9 Å². The Morgan fingerprint density at radius 1 is 1.31 bits per heavy atom. The van der Waals surface area contributed by atoms with E-state index < -0.39 is 11.7 Å². The van der Waals surface area contributed by atoms with E-state index in [1.54, 1.807) is 24.3 Å². The Labute approximate surface area is 91.7 Å². The van der Waals surface area contributed by atoms with E-state index in [9.17, 15) is 9.59 Å². The zero-order valence-electron chi connectivity index (χ0n) is 8.60. The van der Waals surface area contributed by atoms with E-state index >= 15 is 0 Å². The summed E-state index contributed by atoms with van der Waals surface area (Å²) in [6.45, 7) is 1.45. The van der Waals surface area contributed by atoms with Gasteiger partial charge in [0.2, 0.25) is 5.84 Å². The van der Waals surface area contributed by atoms with Gasteiger partial charge in [-0.15, -0.1) is 0 Å². The Kier molecular flexibility index (Phi) is 3.60. The molecule has 0 saturated carbocycles. The van der Waals surface area contributed by atoms with Crippen LogP contribution in [0.1, 0.15) is 17.3 Å². The molecular weight excluding hydrogens is 210 g/mol. The lowest BCUT2D eigenvalue weighted by molar-refractivity contribution is -0.110. The predicted octanol–water partition coefficient (Wildman–Crippen LogP) is 0.574. The number of hydrogen-bond donors (Lipinski definition) is 3. The van der Waals surface area contributed by atoms with Gasteiger partial charge in [-0.25, -0.2) is 0 Å². The van der Waals surface area contributed by atoms with Crippen LogP contribution in [0.2, 0.25) is 0 Å². The second-order valence-electron chi connectivity index (χ2n) is 3.07. The van der Waals surface area contributed by atoms with Crippen LogP contribution in [0, 0.1) is 0 Å². The molecule has 1 amide bonds. The highest BCUT2D eigenvalue weighted by atomic mass is 16.4. The van der Waals surface area contributed by atoms with Crippen molar-refractivity contribution in [3.63, 3.8) is 0 Å². The number of benzene rings is 1. The van der Waals surface area contributed by atoms with Gasteiger partial charge in [0.25, 0.3) is 5.91 Å². The molecule has 16 heavy (non-hydrogen) atoms. The summed E-state index contributed by atoms with van der Waals surface area (Å²) in [7, 11) is 0. The maximum absolute atomic E-state index is 11.2. The van der Waals surface area contributed by atoms with Gasteiger partial charge in [0.15, 0.2) is 5.78 Å². The molecule has 0 unspecified atom stereocenters. The quantitative estimate of drug-likeness (QED) is 0.223. The third-order valence-electron chi connectivity index (χ3n) is 1.89. The minimum absolute atomic E-state index is 0.0608. The Morgan fingerprint density at radius 3 is 2.31 bits per heavy atom. The molecule has 6 heteroatoms. The standard InChI is InChI=1S/C10H11N3O3/c1-6(14)7-2-4-8(5-3-7)12-10(15)9(11)13-16/h2-5,16H,1H3,(H2,11,13)(H,12,15). The maximum atomic E-state index is 11.2. The van der Waals surface area contributed by atoms with Gasteiger partial charge in [0.05, 0.1) is 0 Å². The minimum atomic E-state index is -0.710. The summed E-state index contributed by atoms with van der Waals surface area (Å²) in [4.78, 5) is 22.1. The number of rotatable bonds is 2. The van der Waals surface area contributed by atoms with E-state index in [0.717, 1.165) is 0 Å². The maximum Gasteiger partial charge on any atom is 0.294 e. The molecule has 0 aliphatic carbocycles. The first-order valence-corrected chi connectivity index (χ1v) is 4.44. The summed E-state index contributed by atoms with van der Waals surface area (Å²) in [6.07, 6.45) is 0. The fraction of sp³-hybridized carbons (Fsp3) is 0.100.